The number of hydrogen-bond acceptors (Lipinski definition) is 5. The second kappa shape index (κ2) is 9.76. The minimum absolute atomic E-state index is 0.0333. The number of benzene rings is 1. The first-order chi connectivity index (χ1) is 15.7. The van der Waals surface area contributed by atoms with E-state index in [0.717, 1.165) is 12.1 Å². The fourth-order valence-corrected chi connectivity index (χ4v) is 5.29. The Morgan fingerprint density at radius 2 is 1.60 bits per heavy atom. The molecule has 1 heterocycles. The van der Waals surface area contributed by atoms with E-state index in [4.69, 9.17) is 13.9 Å². The molecule has 0 bridgehead atoms. The highest BCUT2D eigenvalue weighted by Gasteiger charge is 2.57. The fourth-order valence-electron chi connectivity index (χ4n) is 3.94. The maximum Gasteiger partial charge on any atom is 0.416 e. The molecular formula is C25H38F3NO5Si. The summed E-state index contributed by atoms with van der Waals surface area (Å²) in [7, 11) is -1.04. The van der Waals surface area contributed by atoms with E-state index in [2.05, 4.69) is 33.9 Å². The van der Waals surface area contributed by atoms with Gasteiger partial charge >= 0.3 is 18.2 Å². The van der Waals surface area contributed by atoms with Crippen molar-refractivity contribution >= 4 is 20.4 Å². The summed E-state index contributed by atoms with van der Waals surface area (Å²) in [5, 5.41) is -0.103. The van der Waals surface area contributed by atoms with Crippen LogP contribution in [-0.4, -0.2) is 56.2 Å². The Morgan fingerprint density at radius 3 is 2.03 bits per heavy atom. The number of alkyl halides is 3. The second-order valence-electron chi connectivity index (χ2n) is 11.7. The third kappa shape index (κ3) is 6.78. The SMILES string of the molecule is COC(=O)[C@]1(Cc2ccc(C(F)(F)F)cc2)C[C@@H](O[Si](C)(C)C(C)(C)C)CN1C(=O)OC(C)(C)C. The first-order valence-corrected chi connectivity index (χ1v) is 14.6. The zero-order valence-corrected chi connectivity index (χ0v) is 23.1. The summed E-state index contributed by atoms with van der Waals surface area (Å²) in [5.74, 6) is -0.662. The normalized spacial score (nSPS) is 21.7. The lowest BCUT2D eigenvalue weighted by molar-refractivity contribution is -0.153. The molecule has 1 aliphatic heterocycles. The molecule has 10 heteroatoms. The number of halogens is 3. The van der Waals surface area contributed by atoms with Crippen molar-refractivity contribution in [2.75, 3.05) is 13.7 Å². The molecule has 1 saturated heterocycles. The van der Waals surface area contributed by atoms with Crippen molar-refractivity contribution in [3.05, 3.63) is 35.4 Å². The molecule has 1 fully saturated rings. The largest absolute Gasteiger partial charge is 0.467 e. The minimum Gasteiger partial charge on any atom is -0.467 e. The summed E-state index contributed by atoms with van der Waals surface area (Å²) < 4.78 is 56.5. The van der Waals surface area contributed by atoms with E-state index >= 15 is 0 Å². The van der Waals surface area contributed by atoms with E-state index in [9.17, 15) is 22.8 Å². The van der Waals surface area contributed by atoms with Gasteiger partial charge in [0, 0.05) is 12.8 Å². The number of carbonyl (C=O) groups excluding carboxylic acids is 2. The molecule has 1 amide bonds. The number of methoxy groups -OCH3 is 1. The van der Waals surface area contributed by atoms with Crippen molar-refractivity contribution in [3.63, 3.8) is 0 Å². The maximum atomic E-state index is 13.3. The molecule has 1 aromatic rings. The fraction of sp³-hybridized carbons (Fsp3) is 0.680. The van der Waals surface area contributed by atoms with Crippen LogP contribution in [0.4, 0.5) is 18.0 Å². The Labute approximate surface area is 207 Å². The first-order valence-electron chi connectivity index (χ1n) is 11.6. The molecule has 2 atom stereocenters. The molecule has 35 heavy (non-hydrogen) atoms. The molecule has 0 spiro atoms. The maximum absolute atomic E-state index is 13.3. The van der Waals surface area contributed by atoms with E-state index in [1.54, 1.807) is 20.8 Å². The lowest BCUT2D eigenvalue weighted by Crippen LogP contribution is -2.56. The number of esters is 1. The smallest absolute Gasteiger partial charge is 0.416 e. The predicted molar refractivity (Wildman–Crippen MR) is 130 cm³/mol. The van der Waals surface area contributed by atoms with Crippen LogP contribution in [0.3, 0.4) is 0 Å². The molecule has 0 N–H and O–H groups in total. The van der Waals surface area contributed by atoms with Crippen molar-refractivity contribution in [1.82, 2.24) is 4.90 Å². The number of hydrogen-bond donors (Lipinski definition) is 0. The topological polar surface area (TPSA) is 65.1 Å². The van der Waals surface area contributed by atoms with Crippen LogP contribution in [0.1, 0.15) is 59.1 Å². The van der Waals surface area contributed by atoms with Crippen LogP contribution in [0.25, 0.3) is 0 Å². The predicted octanol–water partition coefficient (Wildman–Crippen LogP) is 6.19. The van der Waals surface area contributed by atoms with Gasteiger partial charge in [0.1, 0.15) is 11.1 Å². The van der Waals surface area contributed by atoms with Crippen LogP contribution < -0.4 is 0 Å². The average molecular weight is 518 g/mol. The lowest BCUT2D eigenvalue weighted by atomic mass is 9.87. The molecule has 0 unspecified atom stereocenters. The van der Waals surface area contributed by atoms with Crippen LogP contribution in [0.2, 0.25) is 18.1 Å². The summed E-state index contributed by atoms with van der Waals surface area (Å²) in [6.07, 6.45) is -5.52. The van der Waals surface area contributed by atoms with Gasteiger partial charge in [-0.15, -0.1) is 0 Å². The minimum atomic E-state index is -4.48. The summed E-state index contributed by atoms with van der Waals surface area (Å²) in [5.41, 5.74) is -2.62. The number of ether oxygens (including phenoxy) is 2. The van der Waals surface area contributed by atoms with Gasteiger partial charge < -0.3 is 13.9 Å². The molecule has 0 aromatic heterocycles. The highest BCUT2D eigenvalue weighted by molar-refractivity contribution is 6.74. The molecule has 0 saturated carbocycles. The highest BCUT2D eigenvalue weighted by atomic mass is 28.4. The van der Waals surface area contributed by atoms with Crippen molar-refractivity contribution in [1.29, 1.82) is 0 Å². The van der Waals surface area contributed by atoms with Crippen molar-refractivity contribution < 1.29 is 36.7 Å². The van der Waals surface area contributed by atoms with E-state index in [1.165, 1.54) is 24.1 Å². The zero-order chi connectivity index (χ0) is 27.0. The Hall–Kier alpha value is -2.07. The van der Waals surface area contributed by atoms with E-state index in [0.29, 0.717) is 5.56 Å². The van der Waals surface area contributed by atoms with E-state index < -0.39 is 49.4 Å². The molecule has 1 aliphatic rings. The molecule has 2 rings (SSSR count). The van der Waals surface area contributed by atoms with Gasteiger partial charge in [-0.1, -0.05) is 32.9 Å². The van der Waals surface area contributed by atoms with Gasteiger partial charge in [-0.2, -0.15) is 13.2 Å². The van der Waals surface area contributed by atoms with Crippen LogP contribution in [0, 0.1) is 0 Å². The van der Waals surface area contributed by atoms with Crippen LogP contribution in [-0.2, 0) is 31.3 Å². The monoisotopic (exact) mass is 517 g/mol. The van der Waals surface area contributed by atoms with Gasteiger partial charge in [0.25, 0.3) is 0 Å². The molecule has 1 aromatic carbocycles. The number of likely N-dealkylation sites (tertiary alicyclic amines) is 1. The third-order valence-corrected chi connectivity index (χ3v) is 11.2. The second-order valence-corrected chi connectivity index (χ2v) is 16.4. The quantitative estimate of drug-likeness (QED) is 0.344. The van der Waals surface area contributed by atoms with E-state index in [1.807, 2.05) is 0 Å². The average Bonchev–Trinajstić information content (AvgIpc) is 3.03. The van der Waals surface area contributed by atoms with Gasteiger partial charge in [-0.3, -0.25) is 4.90 Å². The molecule has 0 aliphatic carbocycles. The standard InChI is InChI=1S/C25H38F3NO5Si/c1-22(2,3)33-21(31)29-16-19(34-35(8,9)23(4,5)6)15-24(29,20(30)32-7)14-17-10-12-18(13-11-17)25(26,27)28/h10-13,19H,14-16H2,1-9H3/t19-,24+/m1/s1. The Kier molecular flexibility index (Phi) is 8.13. The van der Waals surface area contributed by atoms with Gasteiger partial charge in [0.05, 0.1) is 25.3 Å². The van der Waals surface area contributed by atoms with Crippen molar-refractivity contribution in [3.8, 4) is 0 Å². The number of carbonyl (C=O) groups is 2. The number of nitrogens with zero attached hydrogens (tertiary/aromatic N) is 1. The number of rotatable bonds is 5. The summed E-state index contributed by atoms with van der Waals surface area (Å²) in [6.45, 7) is 15.7. The van der Waals surface area contributed by atoms with Gasteiger partial charge in [0.2, 0.25) is 0 Å². The first kappa shape index (κ1) is 29.2. The van der Waals surface area contributed by atoms with Crippen molar-refractivity contribution in [2.24, 2.45) is 0 Å². The highest BCUT2D eigenvalue weighted by Crippen LogP contribution is 2.42. The third-order valence-electron chi connectivity index (χ3n) is 6.69. The summed E-state index contributed by atoms with van der Waals surface area (Å²) in [6, 6.07) is 4.58. The number of amides is 1. The van der Waals surface area contributed by atoms with E-state index in [-0.39, 0.29) is 24.4 Å². The summed E-state index contributed by atoms with van der Waals surface area (Å²) in [4.78, 5) is 27.9. The Bertz CT molecular complexity index is 919. The van der Waals surface area contributed by atoms with Crippen molar-refractivity contribution in [2.45, 2.75) is 95.9 Å². The van der Waals surface area contributed by atoms with Crippen LogP contribution in [0.15, 0.2) is 24.3 Å². The Balaban J connectivity index is 2.51. The lowest BCUT2D eigenvalue weighted by Gasteiger charge is -2.38. The molecule has 0 radical (unpaired) electrons. The summed E-state index contributed by atoms with van der Waals surface area (Å²) >= 11 is 0. The van der Waals surface area contributed by atoms with Gasteiger partial charge in [0.15, 0.2) is 8.32 Å². The van der Waals surface area contributed by atoms with Crippen LogP contribution >= 0.6 is 0 Å². The van der Waals surface area contributed by atoms with Gasteiger partial charge in [-0.25, -0.2) is 9.59 Å². The zero-order valence-electron chi connectivity index (χ0n) is 22.1. The molecule has 198 valence electrons. The molecule has 6 nitrogen and oxygen atoms in total. The Morgan fingerprint density at radius 1 is 1.06 bits per heavy atom. The van der Waals surface area contributed by atoms with Gasteiger partial charge in [-0.05, 0) is 56.6 Å². The molecular weight excluding hydrogens is 479 g/mol. The van der Waals surface area contributed by atoms with Crippen LogP contribution in [0.5, 0.6) is 0 Å².